The van der Waals surface area contributed by atoms with Gasteiger partial charge in [0, 0.05) is 33.3 Å². The molecule has 10 aromatic carbocycles. The summed E-state index contributed by atoms with van der Waals surface area (Å²) in [6.07, 6.45) is 0. The van der Waals surface area contributed by atoms with Gasteiger partial charge in [-0.15, -0.1) is 0 Å². The van der Waals surface area contributed by atoms with Gasteiger partial charge in [-0.1, -0.05) is 216 Å². The van der Waals surface area contributed by atoms with E-state index in [1.165, 1.54) is 117 Å². The topological polar surface area (TPSA) is 3.24 Å². The van der Waals surface area contributed by atoms with Crippen LogP contribution in [0.2, 0.25) is 0 Å². The van der Waals surface area contributed by atoms with Crippen LogP contribution in [0.4, 0.5) is 17.1 Å². The highest BCUT2D eigenvalue weighted by molar-refractivity contribution is 6.17. The van der Waals surface area contributed by atoms with E-state index in [4.69, 9.17) is 0 Å². The van der Waals surface area contributed by atoms with E-state index in [-0.39, 0.29) is 10.8 Å². The molecular weight excluding hydrogens is 795 g/mol. The van der Waals surface area contributed by atoms with Crippen molar-refractivity contribution in [3.8, 4) is 55.6 Å². The molecule has 0 atom stereocenters. The summed E-state index contributed by atoms with van der Waals surface area (Å²) in [5.74, 6) is 0. The van der Waals surface area contributed by atoms with Crippen LogP contribution in [0.1, 0.15) is 72.2 Å². The number of anilines is 3. The number of rotatable bonds is 4. The summed E-state index contributed by atoms with van der Waals surface area (Å²) in [5, 5.41) is 2.54. The summed E-state index contributed by atoms with van der Waals surface area (Å²) in [4.78, 5) is 2.66. The fourth-order valence-corrected chi connectivity index (χ4v) is 13.2. The summed E-state index contributed by atoms with van der Waals surface area (Å²) in [7, 11) is 0. The molecule has 1 nitrogen and oxygen atoms in total. The van der Waals surface area contributed by atoms with Crippen LogP contribution in [0.15, 0.2) is 212 Å². The molecule has 312 valence electrons. The summed E-state index contributed by atoms with van der Waals surface area (Å²) in [6, 6.07) is 80.9. The lowest BCUT2D eigenvalue weighted by molar-refractivity contribution is 0.660. The van der Waals surface area contributed by atoms with E-state index in [2.05, 4.69) is 245 Å². The van der Waals surface area contributed by atoms with Crippen molar-refractivity contribution in [2.75, 3.05) is 4.90 Å². The Balaban J connectivity index is 1.18. The molecule has 1 spiro atoms. The lowest BCUT2D eigenvalue weighted by Gasteiger charge is -2.35. The van der Waals surface area contributed by atoms with Gasteiger partial charge in [0.2, 0.25) is 0 Å². The molecule has 14 rings (SSSR count). The number of hydrogen-bond donors (Lipinski definition) is 0. The fourth-order valence-electron chi connectivity index (χ4n) is 13.2. The molecule has 0 aromatic heterocycles. The Kier molecular flexibility index (Phi) is 7.51. The Morgan fingerprint density at radius 3 is 1.20 bits per heavy atom. The van der Waals surface area contributed by atoms with Gasteiger partial charge in [-0.25, -0.2) is 0 Å². The van der Waals surface area contributed by atoms with Gasteiger partial charge in [-0.2, -0.15) is 0 Å². The van der Waals surface area contributed by atoms with Crippen LogP contribution in [-0.4, -0.2) is 0 Å². The Morgan fingerprint density at radius 1 is 0.303 bits per heavy atom. The average Bonchev–Trinajstić information content (AvgIpc) is 4.00. The summed E-state index contributed by atoms with van der Waals surface area (Å²) in [5.41, 5.74) is 26.4. The molecule has 0 heterocycles. The first-order valence-electron chi connectivity index (χ1n) is 23.5. The third kappa shape index (κ3) is 4.65. The van der Waals surface area contributed by atoms with E-state index >= 15 is 0 Å². The molecule has 0 unspecified atom stereocenters. The molecule has 0 fully saturated rings. The molecule has 0 saturated heterocycles. The normalized spacial score (nSPS) is 15.3. The van der Waals surface area contributed by atoms with Crippen molar-refractivity contribution in [3.63, 3.8) is 0 Å². The van der Waals surface area contributed by atoms with Crippen molar-refractivity contribution in [3.05, 3.63) is 257 Å². The van der Waals surface area contributed by atoms with Crippen molar-refractivity contribution in [1.29, 1.82) is 0 Å². The largest absolute Gasteiger partial charge is 0.309 e. The first-order chi connectivity index (χ1) is 32.3. The third-order valence-electron chi connectivity index (χ3n) is 16.1. The van der Waals surface area contributed by atoms with Gasteiger partial charge >= 0.3 is 0 Å². The van der Waals surface area contributed by atoms with Crippen LogP contribution < -0.4 is 4.90 Å². The van der Waals surface area contributed by atoms with Crippen molar-refractivity contribution in [1.82, 2.24) is 0 Å². The Hall–Kier alpha value is -7.74. The second-order valence-corrected chi connectivity index (χ2v) is 19.9. The number of benzene rings is 10. The van der Waals surface area contributed by atoms with Crippen molar-refractivity contribution < 1.29 is 0 Å². The molecule has 4 aliphatic carbocycles. The van der Waals surface area contributed by atoms with E-state index in [0.29, 0.717) is 0 Å². The maximum absolute atomic E-state index is 2.66. The van der Waals surface area contributed by atoms with E-state index in [0.717, 1.165) is 11.4 Å². The monoisotopic (exact) mass is 841 g/mol. The molecule has 10 aromatic rings. The number of fused-ring (bicyclic) bond motifs is 18. The van der Waals surface area contributed by atoms with Gasteiger partial charge < -0.3 is 4.90 Å². The van der Waals surface area contributed by atoms with Crippen molar-refractivity contribution in [2.45, 2.75) is 43.9 Å². The first-order valence-corrected chi connectivity index (χ1v) is 23.5. The highest BCUT2D eigenvalue weighted by Crippen LogP contribution is 2.68. The molecule has 0 aliphatic heterocycles. The maximum Gasteiger partial charge on any atom is 0.0732 e. The third-order valence-corrected chi connectivity index (χ3v) is 16.1. The molecule has 66 heavy (non-hydrogen) atoms. The minimum atomic E-state index is -0.544. The smallest absolute Gasteiger partial charge is 0.0732 e. The molecular formula is C65H47N. The number of nitrogens with zero attached hydrogens (tertiary/aromatic N) is 1. The zero-order valence-corrected chi connectivity index (χ0v) is 37.7. The predicted octanol–water partition coefficient (Wildman–Crippen LogP) is 16.9. The first kappa shape index (κ1) is 37.6. The molecule has 0 bridgehead atoms. The van der Waals surface area contributed by atoms with Crippen molar-refractivity contribution in [2.24, 2.45) is 0 Å². The number of hydrogen-bond acceptors (Lipinski definition) is 1. The lowest BCUT2D eigenvalue weighted by Crippen LogP contribution is -2.26. The Morgan fingerprint density at radius 2 is 0.682 bits per heavy atom. The van der Waals surface area contributed by atoms with Gasteiger partial charge in [-0.3, -0.25) is 0 Å². The predicted molar refractivity (Wildman–Crippen MR) is 275 cm³/mol. The zero-order valence-electron chi connectivity index (χ0n) is 37.7. The SMILES string of the molecule is CC1(C)c2ccccc2-c2ccc(N(c3ccc4c(c3)C(C)(C)c3ccccc3-4)c3c4c(c5ccccc5c3-c3ccccc3)C3(c5ccccc5-c5ccccc53)c3ccccc3-4)cc21. The molecule has 0 saturated carbocycles. The van der Waals surface area contributed by atoms with Gasteiger partial charge in [-0.05, 0) is 124 Å². The van der Waals surface area contributed by atoms with Crippen LogP contribution in [-0.2, 0) is 16.2 Å². The fraction of sp³-hybridized carbons (Fsp3) is 0.108. The van der Waals surface area contributed by atoms with Gasteiger partial charge in [0.1, 0.15) is 0 Å². The summed E-state index contributed by atoms with van der Waals surface area (Å²) >= 11 is 0. The maximum atomic E-state index is 2.66. The standard InChI is InChI=1S/C65H47N/c1-63(2)52-29-15-10-22-43(52)47-36-34-41(38-57(47)63)66(42-35-37-48-44-23-11-16-30-53(44)64(3,4)58(48)39-42)62-59(40-20-6-5-7-21-40)49-26-8-9-27-50(49)61-60(62)51-28-14-19-33-56(51)65(61)54-31-17-12-24-45(54)46-25-13-18-32-55(46)65/h5-39H,1-4H3. The molecule has 0 radical (unpaired) electrons. The quantitative estimate of drug-likeness (QED) is 0.171. The Bertz CT molecular complexity index is 3560. The van der Waals surface area contributed by atoms with E-state index < -0.39 is 5.41 Å². The molecule has 0 N–H and O–H groups in total. The second kappa shape index (κ2) is 13.2. The van der Waals surface area contributed by atoms with Gasteiger partial charge in [0.05, 0.1) is 11.1 Å². The molecule has 4 aliphatic rings. The summed E-state index contributed by atoms with van der Waals surface area (Å²) in [6.45, 7) is 9.61. The highest BCUT2D eigenvalue weighted by atomic mass is 15.1. The van der Waals surface area contributed by atoms with Crippen LogP contribution in [0.5, 0.6) is 0 Å². The van der Waals surface area contributed by atoms with E-state index in [1.54, 1.807) is 0 Å². The van der Waals surface area contributed by atoms with Crippen LogP contribution in [0.3, 0.4) is 0 Å². The van der Waals surface area contributed by atoms with E-state index in [1.807, 2.05) is 0 Å². The minimum Gasteiger partial charge on any atom is -0.309 e. The van der Waals surface area contributed by atoms with Crippen molar-refractivity contribution >= 4 is 27.8 Å². The van der Waals surface area contributed by atoms with Crippen LogP contribution in [0, 0.1) is 0 Å². The zero-order chi connectivity index (χ0) is 44.1. The van der Waals surface area contributed by atoms with Crippen LogP contribution >= 0.6 is 0 Å². The average molecular weight is 842 g/mol. The van der Waals surface area contributed by atoms with Crippen LogP contribution in [0.25, 0.3) is 66.4 Å². The van der Waals surface area contributed by atoms with E-state index in [9.17, 15) is 0 Å². The molecule has 1 heteroatoms. The van der Waals surface area contributed by atoms with Gasteiger partial charge in [0.25, 0.3) is 0 Å². The van der Waals surface area contributed by atoms with Gasteiger partial charge in [0.15, 0.2) is 0 Å². The lowest BCUT2D eigenvalue weighted by atomic mass is 9.69. The summed E-state index contributed by atoms with van der Waals surface area (Å²) < 4.78 is 0. The highest BCUT2D eigenvalue weighted by Gasteiger charge is 2.54. The Labute approximate surface area is 387 Å². The molecule has 0 amide bonds. The minimum absolute atomic E-state index is 0.184. The second-order valence-electron chi connectivity index (χ2n) is 19.9.